The van der Waals surface area contributed by atoms with Crippen molar-refractivity contribution in [3.05, 3.63) is 68.3 Å². The minimum atomic E-state index is -0.954. The average molecular weight is 480 g/mol. The third-order valence-corrected chi connectivity index (χ3v) is 7.37. The van der Waals surface area contributed by atoms with Gasteiger partial charge >= 0.3 is 5.97 Å². The molecule has 134 valence electrons. The van der Waals surface area contributed by atoms with E-state index in [4.69, 9.17) is 11.6 Å². The van der Waals surface area contributed by atoms with Gasteiger partial charge in [0, 0.05) is 19.7 Å². The molecule has 0 amide bonds. The van der Waals surface area contributed by atoms with Crippen LogP contribution in [-0.4, -0.2) is 16.6 Å². The first-order chi connectivity index (χ1) is 12.5. The summed E-state index contributed by atoms with van der Waals surface area (Å²) in [6.07, 6.45) is 5.03. The lowest BCUT2D eigenvalue weighted by Crippen LogP contribution is -2.51. The average Bonchev–Trinajstić information content (AvgIpc) is 2.89. The van der Waals surface area contributed by atoms with Gasteiger partial charge in [0.25, 0.3) is 0 Å². The smallest absolute Gasteiger partial charge is 0.329 e. The lowest BCUT2D eigenvalue weighted by atomic mass is 9.65. The number of allylic oxidation sites excluding steroid dienone is 1. The summed E-state index contributed by atoms with van der Waals surface area (Å²) in [4.78, 5) is 12.2. The second-order valence-electron chi connectivity index (χ2n) is 7.18. The number of anilines is 1. The Balaban J connectivity index is 1.63. The van der Waals surface area contributed by atoms with Crippen LogP contribution < -0.4 is 5.32 Å². The molecule has 1 saturated carbocycles. The van der Waals surface area contributed by atoms with E-state index >= 15 is 0 Å². The minimum Gasteiger partial charge on any atom is -0.480 e. The highest BCUT2D eigenvalue weighted by Crippen LogP contribution is 2.55. The molecule has 1 fully saturated rings. The summed E-state index contributed by atoms with van der Waals surface area (Å²) in [5.74, 6) is -0.794. The lowest BCUT2D eigenvalue weighted by molar-refractivity contribution is -0.143. The van der Waals surface area contributed by atoms with Gasteiger partial charge in [-0.15, -0.1) is 0 Å². The highest BCUT2D eigenvalue weighted by atomic mass is 127. The number of benzene rings is 2. The predicted octanol–water partition coefficient (Wildman–Crippen LogP) is 5.88. The number of carbonyl (C=O) groups is 1. The summed E-state index contributed by atoms with van der Waals surface area (Å²) in [7, 11) is 0. The van der Waals surface area contributed by atoms with Gasteiger partial charge < -0.3 is 10.4 Å². The van der Waals surface area contributed by atoms with E-state index < -0.39 is 11.5 Å². The van der Waals surface area contributed by atoms with Crippen LogP contribution in [0, 0.1) is 0 Å². The van der Waals surface area contributed by atoms with Gasteiger partial charge in [-0.25, -0.2) is 4.79 Å². The first-order valence-corrected chi connectivity index (χ1v) is 10.2. The van der Waals surface area contributed by atoms with E-state index in [9.17, 15) is 9.90 Å². The third-order valence-electron chi connectivity index (χ3n) is 5.79. The standard InChI is InChI=1S/C21H19ClINO2/c22-15-5-3-6-16(13-15)24-21(19(25)26)10-8-20(9-11-21)17-7-2-1-4-14(17)12-18(20)23/h1-7,12-13,24H,8-11H2,(H,25,26). The highest BCUT2D eigenvalue weighted by molar-refractivity contribution is 14.1. The molecule has 4 rings (SSSR count). The molecule has 5 heteroatoms. The van der Waals surface area contributed by atoms with Crippen molar-refractivity contribution in [2.75, 3.05) is 5.32 Å². The molecule has 2 aliphatic carbocycles. The van der Waals surface area contributed by atoms with Crippen LogP contribution in [0.25, 0.3) is 6.08 Å². The van der Waals surface area contributed by atoms with E-state index in [-0.39, 0.29) is 5.41 Å². The van der Waals surface area contributed by atoms with Crippen LogP contribution >= 0.6 is 34.2 Å². The van der Waals surface area contributed by atoms with Crippen LogP contribution in [0.2, 0.25) is 5.02 Å². The van der Waals surface area contributed by atoms with Gasteiger partial charge in [-0.2, -0.15) is 0 Å². The Morgan fingerprint density at radius 1 is 1.08 bits per heavy atom. The molecule has 0 aromatic heterocycles. The molecule has 3 nitrogen and oxygen atoms in total. The summed E-state index contributed by atoms with van der Waals surface area (Å²) in [6.45, 7) is 0. The largest absolute Gasteiger partial charge is 0.480 e. The lowest BCUT2D eigenvalue weighted by Gasteiger charge is -2.44. The van der Waals surface area contributed by atoms with E-state index in [0.717, 1.165) is 18.5 Å². The van der Waals surface area contributed by atoms with Crippen molar-refractivity contribution < 1.29 is 9.90 Å². The Hall–Kier alpha value is -1.53. The van der Waals surface area contributed by atoms with Gasteiger partial charge in [0.15, 0.2) is 0 Å². The third kappa shape index (κ3) is 2.83. The van der Waals surface area contributed by atoms with Crippen LogP contribution in [0.3, 0.4) is 0 Å². The number of nitrogens with one attached hydrogen (secondary N) is 1. The molecular weight excluding hydrogens is 461 g/mol. The minimum absolute atomic E-state index is 0.0356. The molecule has 1 spiro atoms. The molecule has 2 N–H and O–H groups in total. The summed E-state index contributed by atoms with van der Waals surface area (Å²) in [5.41, 5.74) is 2.37. The van der Waals surface area contributed by atoms with Gasteiger partial charge in [0.05, 0.1) is 0 Å². The fourth-order valence-corrected chi connectivity index (χ4v) is 5.66. The highest BCUT2D eigenvalue weighted by Gasteiger charge is 2.51. The molecule has 2 aliphatic rings. The molecule has 0 saturated heterocycles. The number of hydrogen-bond acceptors (Lipinski definition) is 2. The van der Waals surface area contributed by atoms with Crippen molar-refractivity contribution in [2.24, 2.45) is 0 Å². The summed E-state index contributed by atoms with van der Waals surface area (Å²) in [5, 5.41) is 13.9. The summed E-state index contributed by atoms with van der Waals surface area (Å²) < 4.78 is 1.32. The SMILES string of the molecule is O=C(O)C1(Nc2cccc(Cl)c2)CCC2(CC1)C(I)=Cc1ccccc12. The zero-order valence-electron chi connectivity index (χ0n) is 14.1. The zero-order valence-corrected chi connectivity index (χ0v) is 17.0. The van der Waals surface area contributed by atoms with Crippen LogP contribution in [0.4, 0.5) is 5.69 Å². The van der Waals surface area contributed by atoms with Crippen LogP contribution in [0.1, 0.15) is 36.8 Å². The predicted molar refractivity (Wildman–Crippen MR) is 114 cm³/mol. The first kappa shape index (κ1) is 17.9. The van der Waals surface area contributed by atoms with E-state index in [1.807, 2.05) is 12.1 Å². The van der Waals surface area contributed by atoms with Crippen molar-refractivity contribution in [2.45, 2.75) is 36.6 Å². The Morgan fingerprint density at radius 2 is 1.81 bits per heavy atom. The van der Waals surface area contributed by atoms with Gasteiger partial charge in [0.2, 0.25) is 0 Å². The number of hydrogen-bond donors (Lipinski definition) is 2. The van der Waals surface area contributed by atoms with E-state index in [1.54, 1.807) is 12.1 Å². The zero-order chi connectivity index (χ0) is 18.4. The van der Waals surface area contributed by atoms with Crippen LogP contribution in [-0.2, 0) is 10.2 Å². The number of halogens is 2. The van der Waals surface area contributed by atoms with Crippen molar-refractivity contribution >= 4 is 51.9 Å². The molecule has 0 unspecified atom stereocenters. The Labute approximate surface area is 171 Å². The topological polar surface area (TPSA) is 49.3 Å². The number of rotatable bonds is 3. The van der Waals surface area contributed by atoms with Crippen molar-refractivity contribution in [3.8, 4) is 0 Å². The molecule has 2 aromatic rings. The fourth-order valence-electron chi connectivity index (χ4n) is 4.31. The van der Waals surface area contributed by atoms with E-state index in [1.165, 1.54) is 14.7 Å². The van der Waals surface area contributed by atoms with E-state index in [0.29, 0.717) is 17.9 Å². The molecule has 0 atom stereocenters. The van der Waals surface area contributed by atoms with Crippen molar-refractivity contribution in [1.82, 2.24) is 0 Å². The second-order valence-corrected chi connectivity index (χ2v) is 8.78. The molecule has 0 aliphatic heterocycles. The van der Waals surface area contributed by atoms with Gasteiger partial charge in [-0.3, -0.25) is 0 Å². The van der Waals surface area contributed by atoms with Gasteiger partial charge in [-0.1, -0.05) is 41.9 Å². The first-order valence-electron chi connectivity index (χ1n) is 8.70. The summed E-state index contributed by atoms with van der Waals surface area (Å²) >= 11 is 8.50. The Morgan fingerprint density at radius 3 is 2.50 bits per heavy atom. The van der Waals surface area contributed by atoms with Crippen molar-refractivity contribution in [1.29, 1.82) is 0 Å². The molecule has 0 radical (unpaired) electrons. The van der Waals surface area contributed by atoms with Crippen LogP contribution in [0.5, 0.6) is 0 Å². The second kappa shape index (κ2) is 6.57. The number of fused-ring (bicyclic) bond motifs is 2. The molecular formula is C21H19ClINO2. The Kier molecular flexibility index (Phi) is 4.51. The quantitative estimate of drug-likeness (QED) is 0.541. The van der Waals surface area contributed by atoms with Crippen molar-refractivity contribution in [3.63, 3.8) is 0 Å². The molecule has 26 heavy (non-hydrogen) atoms. The summed E-state index contributed by atoms with van der Waals surface area (Å²) in [6, 6.07) is 15.8. The molecule has 0 heterocycles. The monoisotopic (exact) mass is 479 g/mol. The molecule has 2 aromatic carbocycles. The Bertz CT molecular complexity index is 900. The van der Waals surface area contributed by atoms with E-state index in [2.05, 4.69) is 58.2 Å². The van der Waals surface area contributed by atoms with Gasteiger partial charge in [0.1, 0.15) is 5.54 Å². The number of carboxylic acids is 1. The van der Waals surface area contributed by atoms with Crippen LogP contribution in [0.15, 0.2) is 52.1 Å². The maximum Gasteiger partial charge on any atom is 0.329 e. The number of carboxylic acid groups (broad SMARTS) is 1. The number of aliphatic carboxylic acids is 1. The maximum atomic E-state index is 12.2. The molecule has 0 bridgehead atoms. The maximum absolute atomic E-state index is 12.2. The fraction of sp³-hybridized carbons (Fsp3) is 0.286. The normalized spacial score (nSPS) is 27.1. The van der Waals surface area contributed by atoms with Gasteiger partial charge in [-0.05, 0) is 83.7 Å².